The Morgan fingerprint density at radius 2 is 1.44 bits per heavy atom. The van der Waals surface area contributed by atoms with Crippen LogP contribution >= 0.6 is 0 Å². The minimum absolute atomic E-state index is 0.0301. The SMILES string of the molecule is CC(CCC(O)C(C)(C)OC1OC(CO)C(O)C(O)C1O)C1C(O)CC2(C)C3CC(O)C4C(C)(C)C(OC5OCC(O)C(O)C5O)CCC45CC35CCC12C. The van der Waals surface area contributed by atoms with Crippen LogP contribution in [0.25, 0.3) is 0 Å². The van der Waals surface area contributed by atoms with Crippen LogP contribution in [0.3, 0.4) is 0 Å². The summed E-state index contributed by atoms with van der Waals surface area (Å²) in [7, 11) is 0. The fourth-order valence-corrected chi connectivity index (χ4v) is 14.3. The molecule has 5 saturated carbocycles. The van der Waals surface area contributed by atoms with Crippen molar-refractivity contribution in [2.45, 2.75) is 192 Å². The monoisotopic (exact) mass is 786 g/mol. The quantitative estimate of drug-likeness (QED) is 0.136. The summed E-state index contributed by atoms with van der Waals surface area (Å²) in [5.41, 5.74) is -2.11. The molecule has 0 aromatic heterocycles. The van der Waals surface area contributed by atoms with Crippen molar-refractivity contribution in [3.8, 4) is 0 Å². The molecular weight excluding hydrogens is 716 g/mol. The average Bonchev–Trinajstić information content (AvgIpc) is 3.71. The highest BCUT2D eigenvalue weighted by atomic mass is 16.7. The smallest absolute Gasteiger partial charge is 0.187 e. The van der Waals surface area contributed by atoms with Gasteiger partial charge >= 0.3 is 0 Å². The lowest BCUT2D eigenvalue weighted by Crippen LogP contribution is -2.62. The summed E-state index contributed by atoms with van der Waals surface area (Å²) in [6.45, 7) is 13.8. The number of hydrogen-bond acceptors (Lipinski definition) is 14. The van der Waals surface area contributed by atoms with Gasteiger partial charge in [-0.2, -0.15) is 0 Å². The van der Waals surface area contributed by atoms with Gasteiger partial charge in [-0.3, -0.25) is 0 Å². The van der Waals surface area contributed by atoms with Crippen LogP contribution in [0, 0.1) is 50.7 Å². The number of ether oxygens (including phenoxy) is 4. The first-order valence-electron chi connectivity index (χ1n) is 20.9. The van der Waals surface area contributed by atoms with Gasteiger partial charge in [0.2, 0.25) is 0 Å². The van der Waals surface area contributed by atoms with E-state index in [0.29, 0.717) is 25.7 Å². The summed E-state index contributed by atoms with van der Waals surface area (Å²) in [5, 5.41) is 107. The summed E-state index contributed by atoms with van der Waals surface area (Å²) in [6, 6.07) is 0. The van der Waals surface area contributed by atoms with E-state index in [1.165, 1.54) is 0 Å². The van der Waals surface area contributed by atoms with Crippen LogP contribution < -0.4 is 0 Å². The molecule has 7 aliphatic rings. The van der Waals surface area contributed by atoms with Crippen LogP contribution in [0.2, 0.25) is 0 Å². The molecule has 0 amide bonds. The third-order valence-corrected chi connectivity index (χ3v) is 17.4. The van der Waals surface area contributed by atoms with Gasteiger partial charge < -0.3 is 70.0 Å². The van der Waals surface area contributed by atoms with E-state index in [0.717, 1.165) is 32.1 Å². The zero-order valence-electron chi connectivity index (χ0n) is 33.7. The Balaban J connectivity index is 1.03. The maximum absolute atomic E-state index is 12.2. The van der Waals surface area contributed by atoms with Gasteiger partial charge in [0.15, 0.2) is 12.6 Å². The Bertz CT molecular complexity index is 1400. The van der Waals surface area contributed by atoms with Gasteiger partial charge in [0, 0.05) is 0 Å². The molecule has 10 N–H and O–H groups in total. The van der Waals surface area contributed by atoms with E-state index in [1.807, 2.05) is 0 Å². The van der Waals surface area contributed by atoms with E-state index in [2.05, 4.69) is 34.6 Å². The molecule has 2 saturated heterocycles. The highest BCUT2D eigenvalue weighted by molar-refractivity contribution is 5.32. The van der Waals surface area contributed by atoms with Gasteiger partial charge in [-0.05, 0) is 122 Å². The molecule has 2 heterocycles. The summed E-state index contributed by atoms with van der Waals surface area (Å²) in [6.07, 6.45) is -7.72. The predicted octanol–water partition coefficient (Wildman–Crippen LogP) is 0.564. The minimum atomic E-state index is -1.58. The first kappa shape index (κ1) is 42.6. The zero-order chi connectivity index (χ0) is 40.4. The molecule has 0 bridgehead atoms. The number of aliphatic hydroxyl groups excluding tert-OH is 10. The van der Waals surface area contributed by atoms with Crippen molar-refractivity contribution in [1.29, 1.82) is 0 Å². The lowest BCUT2D eigenvalue weighted by Gasteiger charge is -2.64. The van der Waals surface area contributed by atoms with Crippen molar-refractivity contribution in [3.63, 3.8) is 0 Å². The molecule has 55 heavy (non-hydrogen) atoms. The van der Waals surface area contributed by atoms with Crippen LogP contribution in [0.5, 0.6) is 0 Å². The van der Waals surface area contributed by atoms with E-state index < -0.39 is 91.2 Å². The summed E-state index contributed by atoms with van der Waals surface area (Å²) < 4.78 is 23.6. The number of hydrogen-bond donors (Lipinski definition) is 10. The maximum atomic E-state index is 12.2. The summed E-state index contributed by atoms with van der Waals surface area (Å²) in [4.78, 5) is 0. The Hall–Kier alpha value is -0.560. The summed E-state index contributed by atoms with van der Waals surface area (Å²) >= 11 is 0. The van der Waals surface area contributed by atoms with Crippen molar-refractivity contribution in [3.05, 3.63) is 0 Å². The Morgan fingerprint density at radius 1 is 0.764 bits per heavy atom. The molecule has 14 heteroatoms. The molecule has 21 atom stereocenters. The molecule has 318 valence electrons. The largest absolute Gasteiger partial charge is 0.394 e. The molecule has 21 unspecified atom stereocenters. The molecule has 2 aliphatic heterocycles. The third-order valence-electron chi connectivity index (χ3n) is 17.4. The topological polar surface area (TPSA) is 239 Å². The van der Waals surface area contributed by atoms with E-state index in [-0.39, 0.29) is 58.0 Å². The van der Waals surface area contributed by atoms with Crippen molar-refractivity contribution < 1.29 is 70.0 Å². The predicted molar refractivity (Wildman–Crippen MR) is 196 cm³/mol. The van der Waals surface area contributed by atoms with E-state index in [9.17, 15) is 51.1 Å². The second kappa shape index (κ2) is 14.3. The van der Waals surface area contributed by atoms with Crippen molar-refractivity contribution >= 4 is 0 Å². The Kier molecular flexibility index (Phi) is 11.1. The Labute approximate surface area is 325 Å². The average molecular weight is 787 g/mol. The number of aliphatic hydroxyl groups is 10. The molecule has 7 rings (SSSR count). The molecule has 7 fully saturated rings. The minimum Gasteiger partial charge on any atom is -0.394 e. The fourth-order valence-electron chi connectivity index (χ4n) is 14.3. The summed E-state index contributed by atoms with van der Waals surface area (Å²) in [5.74, 6) is 0.209. The number of rotatable bonds is 10. The second-order valence-corrected chi connectivity index (χ2v) is 20.7. The van der Waals surface area contributed by atoms with E-state index >= 15 is 0 Å². The number of fused-ring (bicyclic) bond motifs is 2. The van der Waals surface area contributed by atoms with Gasteiger partial charge in [-0.15, -0.1) is 0 Å². The van der Waals surface area contributed by atoms with Crippen LogP contribution in [-0.4, -0.2) is 150 Å². The lowest BCUT2D eigenvalue weighted by atomic mass is 9.41. The van der Waals surface area contributed by atoms with Gasteiger partial charge in [0.05, 0.1) is 43.2 Å². The zero-order valence-corrected chi connectivity index (χ0v) is 33.7. The second-order valence-electron chi connectivity index (χ2n) is 20.7. The molecular formula is C41H70O14. The fraction of sp³-hybridized carbons (Fsp3) is 1.00. The van der Waals surface area contributed by atoms with E-state index in [1.54, 1.807) is 13.8 Å². The van der Waals surface area contributed by atoms with Gasteiger partial charge in [-0.25, -0.2) is 0 Å². The van der Waals surface area contributed by atoms with E-state index in [4.69, 9.17) is 18.9 Å². The molecule has 5 aliphatic carbocycles. The first-order valence-corrected chi connectivity index (χ1v) is 20.9. The molecule has 14 nitrogen and oxygen atoms in total. The van der Waals surface area contributed by atoms with Gasteiger partial charge in [-0.1, -0.05) is 34.6 Å². The highest BCUT2D eigenvalue weighted by Gasteiger charge is 2.84. The van der Waals surface area contributed by atoms with Crippen LogP contribution in [0.15, 0.2) is 0 Å². The van der Waals surface area contributed by atoms with Gasteiger partial charge in [0.25, 0.3) is 0 Å². The molecule has 0 radical (unpaired) electrons. The molecule has 0 aromatic rings. The van der Waals surface area contributed by atoms with Gasteiger partial charge in [0.1, 0.15) is 42.7 Å². The normalized spacial score (nSPS) is 54.4. The Morgan fingerprint density at radius 3 is 2.11 bits per heavy atom. The van der Waals surface area contributed by atoms with Crippen molar-refractivity contribution in [2.24, 2.45) is 50.7 Å². The molecule has 0 aromatic carbocycles. The molecule has 2 spiro atoms. The third kappa shape index (κ3) is 6.25. The van der Waals surface area contributed by atoms with Crippen LogP contribution in [0.4, 0.5) is 0 Å². The van der Waals surface area contributed by atoms with Crippen molar-refractivity contribution in [2.75, 3.05) is 13.2 Å². The lowest BCUT2D eigenvalue weighted by molar-refractivity contribution is -0.331. The maximum Gasteiger partial charge on any atom is 0.187 e. The standard InChI is InChI=1S/C41H70O14/c1-19(8-9-25(46)37(4,5)55-35-32(51)30(49)29(48)23(16-42)53-35)27-21(44)15-39(7)24-14-20(43)33-36(2,3)26(54-34-31(50)28(47)22(45)17-52-34)10-11-41(33)18-40(24,41)13-12-38(27,39)6/h19-35,42-51H,8-18H2,1-7H3. The highest BCUT2D eigenvalue weighted by Crippen LogP contribution is 2.89. The van der Waals surface area contributed by atoms with Crippen LogP contribution in [-0.2, 0) is 18.9 Å². The first-order chi connectivity index (χ1) is 25.5. The van der Waals surface area contributed by atoms with Crippen molar-refractivity contribution in [1.82, 2.24) is 0 Å². The van der Waals surface area contributed by atoms with Crippen LogP contribution in [0.1, 0.15) is 106 Å².